The van der Waals surface area contributed by atoms with E-state index in [9.17, 15) is 13.2 Å². The Kier molecular flexibility index (Phi) is 5.24. The van der Waals surface area contributed by atoms with Crippen molar-refractivity contribution in [2.45, 2.75) is 20.3 Å². The summed E-state index contributed by atoms with van der Waals surface area (Å²) in [4.78, 5) is 14.5. The lowest BCUT2D eigenvalue weighted by Gasteiger charge is -2.21. The van der Waals surface area contributed by atoms with Crippen molar-refractivity contribution in [2.24, 2.45) is 16.1 Å². The molecule has 0 fully saturated rings. The predicted molar refractivity (Wildman–Crippen MR) is 77.5 cm³/mol. The van der Waals surface area contributed by atoms with Crippen LogP contribution in [0.4, 0.5) is 4.79 Å². The summed E-state index contributed by atoms with van der Waals surface area (Å²) in [6.07, 6.45) is 0.772. The molecule has 0 aromatic carbocycles. The summed E-state index contributed by atoms with van der Waals surface area (Å²) in [5.41, 5.74) is 0. The van der Waals surface area contributed by atoms with Gasteiger partial charge in [0.1, 0.15) is 5.04 Å². The van der Waals surface area contributed by atoms with Gasteiger partial charge in [-0.05, 0) is 6.42 Å². The normalized spacial score (nSPS) is 19.5. The van der Waals surface area contributed by atoms with E-state index in [0.717, 1.165) is 6.42 Å². The molecule has 19 heavy (non-hydrogen) atoms. The van der Waals surface area contributed by atoms with Crippen molar-refractivity contribution in [2.75, 3.05) is 21.1 Å². The monoisotopic (exact) mass is 306 g/mol. The molecule has 0 spiro atoms. The lowest BCUT2D eigenvalue weighted by molar-refractivity contribution is 0.201. The van der Waals surface area contributed by atoms with Gasteiger partial charge in [-0.1, -0.05) is 13.8 Å². The standard InChI is InChI=1S/C10H18N4O3S2/c1-6-7(2)8-11-12-9(18(8)19(16)17)14(5)10(15)13(3)4/h7H,6H2,1-5H3. The maximum Gasteiger partial charge on any atom is 0.325 e. The van der Waals surface area contributed by atoms with Crippen LogP contribution in [0.15, 0.2) is 10.2 Å². The predicted octanol–water partition coefficient (Wildman–Crippen LogP) is 0.741. The van der Waals surface area contributed by atoms with Gasteiger partial charge in [0.15, 0.2) is 0 Å². The number of rotatable bonds is 2. The van der Waals surface area contributed by atoms with Gasteiger partial charge < -0.3 is 4.90 Å². The Morgan fingerprint density at radius 2 is 1.89 bits per heavy atom. The lowest BCUT2D eigenvalue weighted by atomic mass is 10.1. The fourth-order valence-electron chi connectivity index (χ4n) is 1.42. The summed E-state index contributed by atoms with van der Waals surface area (Å²) in [7, 11) is 1.07. The van der Waals surface area contributed by atoms with Crippen LogP contribution < -0.4 is 0 Å². The molecule has 7 nitrogen and oxygen atoms in total. The van der Waals surface area contributed by atoms with Crippen molar-refractivity contribution in [3.05, 3.63) is 0 Å². The maximum atomic E-state index is 11.9. The molecule has 0 saturated heterocycles. The molecule has 0 aliphatic carbocycles. The lowest BCUT2D eigenvalue weighted by Crippen LogP contribution is -2.42. The zero-order chi connectivity index (χ0) is 14.7. The minimum Gasteiger partial charge on any atom is -0.330 e. The van der Waals surface area contributed by atoms with E-state index < -0.39 is 18.7 Å². The number of hydrogen-bond donors (Lipinski definition) is 0. The zero-order valence-corrected chi connectivity index (χ0v) is 13.2. The Morgan fingerprint density at radius 1 is 1.32 bits per heavy atom. The highest BCUT2D eigenvalue weighted by Crippen LogP contribution is 2.17. The van der Waals surface area contributed by atoms with Gasteiger partial charge in [0, 0.05) is 27.1 Å². The Morgan fingerprint density at radius 3 is 2.32 bits per heavy atom. The molecular weight excluding hydrogens is 288 g/mol. The van der Waals surface area contributed by atoms with Crippen LogP contribution in [0.3, 0.4) is 0 Å². The van der Waals surface area contributed by atoms with Gasteiger partial charge in [0.05, 0.1) is 9.45 Å². The highest BCUT2D eigenvalue weighted by atomic mass is 32.9. The molecule has 9 heteroatoms. The summed E-state index contributed by atoms with van der Waals surface area (Å²) < 4.78 is 22.9. The third kappa shape index (κ3) is 3.21. The summed E-state index contributed by atoms with van der Waals surface area (Å²) in [5, 5.41) is 8.56. The third-order valence-electron chi connectivity index (χ3n) is 2.72. The summed E-state index contributed by atoms with van der Waals surface area (Å²) in [6.45, 7) is 3.85. The van der Waals surface area contributed by atoms with E-state index >= 15 is 0 Å². The molecule has 1 aliphatic heterocycles. The molecule has 0 radical (unpaired) electrons. The Labute approximate surface area is 116 Å². The molecule has 0 bridgehead atoms. The zero-order valence-electron chi connectivity index (χ0n) is 11.6. The van der Waals surface area contributed by atoms with Crippen molar-refractivity contribution < 1.29 is 13.2 Å². The first kappa shape index (κ1) is 15.8. The maximum absolute atomic E-state index is 11.9. The fourth-order valence-corrected chi connectivity index (χ4v) is 4.77. The molecule has 2 amide bonds. The highest BCUT2D eigenvalue weighted by molar-refractivity contribution is 8.49. The minimum atomic E-state index is -2.37. The van der Waals surface area contributed by atoms with Crippen molar-refractivity contribution in [1.29, 1.82) is 0 Å². The number of urea groups is 1. The Hall–Kier alpha value is -1.22. The number of nitrogens with zero attached hydrogens (tertiary/aromatic N) is 4. The van der Waals surface area contributed by atoms with Crippen molar-refractivity contribution in [3.63, 3.8) is 0 Å². The minimum absolute atomic E-state index is 0.0188. The second-order valence-electron chi connectivity index (χ2n) is 4.34. The molecule has 0 N–H and O–H groups in total. The number of hydrogen-bond acceptors (Lipinski definition) is 5. The van der Waals surface area contributed by atoms with Crippen LogP contribution >= 0.6 is 0 Å². The van der Waals surface area contributed by atoms with Crippen molar-refractivity contribution in [1.82, 2.24) is 9.80 Å². The Bertz CT molecular complexity index is 570. The van der Waals surface area contributed by atoms with E-state index in [1.807, 2.05) is 13.8 Å². The van der Waals surface area contributed by atoms with E-state index in [1.165, 1.54) is 16.8 Å². The first-order valence-corrected chi connectivity index (χ1v) is 8.57. The number of carbonyl (C=O) groups excluding carboxylic acids is 1. The summed E-state index contributed by atoms with van der Waals surface area (Å²) >= 11 is 0. The molecule has 2 unspecified atom stereocenters. The molecule has 108 valence electrons. The molecule has 2 atom stereocenters. The first-order chi connectivity index (χ1) is 8.81. The van der Waals surface area contributed by atoms with Gasteiger partial charge in [0.25, 0.3) is 9.26 Å². The fraction of sp³-hybridized carbons (Fsp3) is 0.700. The van der Waals surface area contributed by atoms with E-state index in [4.69, 9.17) is 0 Å². The van der Waals surface area contributed by atoms with Crippen LogP contribution in [-0.4, -0.2) is 55.6 Å². The van der Waals surface area contributed by atoms with Crippen molar-refractivity contribution in [3.8, 4) is 0 Å². The van der Waals surface area contributed by atoms with Crippen LogP contribution in [0.2, 0.25) is 0 Å². The molecule has 1 heterocycles. The highest BCUT2D eigenvalue weighted by Gasteiger charge is 2.31. The number of amides is 2. The van der Waals surface area contributed by atoms with Gasteiger partial charge in [-0.2, -0.15) is 8.42 Å². The molecular formula is C10H18N4O3S2. The molecule has 0 saturated carbocycles. The van der Waals surface area contributed by atoms with Crippen molar-refractivity contribution >= 4 is 35.0 Å². The summed E-state index contributed by atoms with van der Waals surface area (Å²) in [6, 6.07) is -0.331. The first-order valence-electron chi connectivity index (χ1n) is 5.75. The average Bonchev–Trinajstić information content (AvgIpc) is 2.80. The van der Waals surface area contributed by atoms with Crippen LogP contribution in [0, 0.1) is 5.92 Å². The van der Waals surface area contributed by atoms with Gasteiger partial charge in [-0.15, -0.1) is 10.2 Å². The van der Waals surface area contributed by atoms with Crippen LogP contribution in [0.25, 0.3) is 0 Å². The van der Waals surface area contributed by atoms with Gasteiger partial charge in [0.2, 0.25) is 5.17 Å². The smallest absolute Gasteiger partial charge is 0.325 e. The molecule has 0 aromatic heterocycles. The molecule has 1 aliphatic rings. The SMILES string of the molecule is CCC(C)C1=NN=C(N(C)C(=O)N(C)C)S1=S(=O)=O. The summed E-state index contributed by atoms with van der Waals surface area (Å²) in [5.74, 6) is 0.0188. The van der Waals surface area contributed by atoms with Gasteiger partial charge in [-0.25, -0.2) is 4.79 Å². The van der Waals surface area contributed by atoms with Crippen LogP contribution in [0.5, 0.6) is 0 Å². The van der Waals surface area contributed by atoms with Gasteiger partial charge in [-0.3, -0.25) is 4.90 Å². The third-order valence-corrected chi connectivity index (χ3v) is 6.32. The number of carbonyl (C=O) groups is 1. The largest absolute Gasteiger partial charge is 0.330 e. The van der Waals surface area contributed by atoms with E-state index in [-0.39, 0.29) is 17.1 Å². The van der Waals surface area contributed by atoms with Crippen LogP contribution in [0.1, 0.15) is 20.3 Å². The molecule has 1 rings (SSSR count). The van der Waals surface area contributed by atoms with E-state index in [0.29, 0.717) is 5.04 Å². The van der Waals surface area contributed by atoms with E-state index in [2.05, 4.69) is 10.2 Å². The Balaban J connectivity index is 3.16. The van der Waals surface area contributed by atoms with Gasteiger partial charge >= 0.3 is 6.03 Å². The second-order valence-corrected chi connectivity index (χ2v) is 7.88. The average molecular weight is 306 g/mol. The number of amidine groups is 1. The quantitative estimate of drug-likeness (QED) is 0.754. The van der Waals surface area contributed by atoms with Crippen LogP contribution in [-0.2, 0) is 18.7 Å². The molecule has 0 aromatic rings. The second kappa shape index (κ2) is 6.29. The topological polar surface area (TPSA) is 82.4 Å². The van der Waals surface area contributed by atoms with E-state index in [1.54, 1.807) is 14.1 Å².